The zero-order chi connectivity index (χ0) is 30.2. The smallest absolute Gasteiger partial charge is 0.408 e. The van der Waals surface area contributed by atoms with Crippen LogP contribution in [-0.4, -0.2) is 51.4 Å². The Morgan fingerprint density at radius 2 is 1.75 bits per heavy atom. The average molecular weight is 592 g/mol. The maximum absolute atomic E-state index is 13.7. The third-order valence-corrected chi connectivity index (χ3v) is 8.44. The van der Waals surface area contributed by atoms with Crippen LogP contribution in [0.2, 0.25) is 5.02 Å². The number of benzene rings is 2. The fourth-order valence-electron chi connectivity index (χ4n) is 4.50. The first kappa shape index (κ1) is 31.0. The molecule has 0 fully saturated rings. The van der Waals surface area contributed by atoms with Crippen molar-refractivity contribution in [2.24, 2.45) is 7.05 Å². The zero-order valence-corrected chi connectivity index (χ0v) is 24.6. The van der Waals surface area contributed by atoms with E-state index in [-0.39, 0.29) is 44.5 Å². The molecule has 12 heteroatoms. The van der Waals surface area contributed by atoms with Crippen LogP contribution in [0.15, 0.2) is 47.3 Å². The van der Waals surface area contributed by atoms with E-state index in [2.05, 4.69) is 5.10 Å². The van der Waals surface area contributed by atoms with Crippen molar-refractivity contribution >= 4 is 33.3 Å². The summed E-state index contributed by atoms with van der Waals surface area (Å²) in [6.45, 7) is 8.23. The van der Waals surface area contributed by atoms with Gasteiger partial charge in [0, 0.05) is 46.7 Å². The summed E-state index contributed by atoms with van der Waals surface area (Å²) in [6.07, 6.45) is -1.23. The van der Waals surface area contributed by atoms with E-state index in [0.29, 0.717) is 5.56 Å². The summed E-state index contributed by atoms with van der Waals surface area (Å²) in [4.78, 5) is 39.9. The Kier molecular flexibility index (Phi) is 8.90. The SMILES string of the molecule is CCS(=O)(=O)Cc1ccc(C(=O)c2ccc(F)cc2Cl)c(-c2nn(C)c(=O)cc2C(C)N(C(=O)O)C(C)(C)C)c1. The van der Waals surface area contributed by atoms with Gasteiger partial charge in [0.05, 0.1) is 22.5 Å². The van der Waals surface area contributed by atoms with Gasteiger partial charge >= 0.3 is 6.09 Å². The Labute approximate surface area is 237 Å². The number of sulfone groups is 1. The highest BCUT2D eigenvalue weighted by Crippen LogP contribution is 2.36. The van der Waals surface area contributed by atoms with E-state index in [1.54, 1.807) is 27.7 Å². The Bertz CT molecular complexity index is 1650. The molecule has 9 nitrogen and oxygen atoms in total. The fourth-order valence-corrected chi connectivity index (χ4v) is 5.65. The van der Waals surface area contributed by atoms with Gasteiger partial charge in [-0.3, -0.25) is 14.5 Å². The molecule has 1 N–H and O–H groups in total. The van der Waals surface area contributed by atoms with Crippen LogP contribution in [0, 0.1) is 5.82 Å². The molecule has 0 radical (unpaired) electrons. The molecule has 0 spiro atoms. The molecule has 2 aromatic carbocycles. The molecule has 0 saturated heterocycles. The Morgan fingerprint density at radius 1 is 1.12 bits per heavy atom. The Balaban J connectivity index is 2.39. The molecular formula is C28H31ClFN3O6S. The highest BCUT2D eigenvalue weighted by Gasteiger charge is 2.34. The van der Waals surface area contributed by atoms with E-state index in [4.69, 9.17) is 11.6 Å². The third-order valence-electron chi connectivity index (χ3n) is 6.47. The van der Waals surface area contributed by atoms with Gasteiger partial charge in [-0.15, -0.1) is 0 Å². The predicted molar refractivity (Wildman–Crippen MR) is 151 cm³/mol. The number of amides is 1. The van der Waals surface area contributed by atoms with Gasteiger partial charge in [0.15, 0.2) is 15.6 Å². The van der Waals surface area contributed by atoms with Crippen LogP contribution in [0.3, 0.4) is 0 Å². The maximum Gasteiger partial charge on any atom is 0.408 e. The number of halogens is 2. The van der Waals surface area contributed by atoms with Gasteiger partial charge in [-0.25, -0.2) is 22.3 Å². The molecule has 1 heterocycles. The minimum atomic E-state index is -3.46. The molecule has 1 amide bonds. The molecular weight excluding hydrogens is 561 g/mol. The van der Waals surface area contributed by atoms with Crippen LogP contribution >= 0.6 is 11.6 Å². The molecule has 214 valence electrons. The number of carbonyl (C=O) groups is 2. The quantitative estimate of drug-likeness (QED) is 0.355. The van der Waals surface area contributed by atoms with Gasteiger partial charge in [-0.05, 0) is 57.5 Å². The molecule has 3 aromatic rings. The minimum absolute atomic E-state index is 0.000445. The molecule has 3 rings (SSSR count). The maximum atomic E-state index is 13.7. The van der Waals surface area contributed by atoms with Gasteiger partial charge in [0.25, 0.3) is 5.56 Å². The standard InChI is InChI=1S/C28H31ClFN3O6S/c1-7-40(38,39)15-17-8-10-19(26(35)20-11-9-18(30)13-23(20)29)22(12-17)25-21(14-24(34)32(6)31-25)16(2)33(27(36)37)28(3,4)5/h8-14,16H,7,15H2,1-6H3,(H,36,37). The first-order valence-electron chi connectivity index (χ1n) is 12.4. The summed E-state index contributed by atoms with van der Waals surface area (Å²) >= 11 is 6.19. The lowest BCUT2D eigenvalue weighted by molar-refractivity contribution is 0.0752. The first-order valence-corrected chi connectivity index (χ1v) is 14.6. The van der Waals surface area contributed by atoms with E-state index in [1.807, 2.05) is 0 Å². The molecule has 0 aliphatic carbocycles. The van der Waals surface area contributed by atoms with Gasteiger partial charge < -0.3 is 5.11 Å². The fraction of sp³-hybridized carbons (Fsp3) is 0.357. The lowest BCUT2D eigenvalue weighted by Gasteiger charge is -2.38. The number of hydrogen-bond acceptors (Lipinski definition) is 6. The minimum Gasteiger partial charge on any atom is -0.465 e. The van der Waals surface area contributed by atoms with E-state index in [9.17, 15) is 32.3 Å². The van der Waals surface area contributed by atoms with Crippen LogP contribution in [0.5, 0.6) is 0 Å². The van der Waals surface area contributed by atoms with Crippen LogP contribution < -0.4 is 5.56 Å². The van der Waals surface area contributed by atoms with Crippen LogP contribution in [0.25, 0.3) is 11.3 Å². The number of carbonyl (C=O) groups excluding carboxylic acids is 1. The first-order chi connectivity index (χ1) is 18.5. The summed E-state index contributed by atoms with van der Waals surface area (Å²) in [5, 5.41) is 14.3. The molecule has 0 saturated carbocycles. The second-order valence-electron chi connectivity index (χ2n) is 10.4. The second kappa shape index (κ2) is 11.5. The molecule has 0 aliphatic heterocycles. The van der Waals surface area contributed by atoms with Crippen molar-refractivity contribution < 1.29 is 27.5 Å². The number of hydrogen-bond donors (Lipinski definition) is 1. The summed E-state index contributed by atoms with van der Waals surface area (Å²) in [6, 6.07) is 8.10. The van der Waals surface area contributed by atoms with Crippen molar-refractivity contribution in [3.63, 3.8) is 0 Å². The van der Waals surface area contributed by atoms with Crippen molar-refractivity contribution in [2.45, 2.75) is 52.0 Å². The summed E-state index contributed by atoms with van der Waals surface area (Å²) < 4.78 is 39.6. The summed E-state index contributed by atoms with van der Waals surface area (Å²) in [5.41, 5.74) is -0.463. The molecule has 1 atom stereocenters. The molecule has 0 aliphatic rings. The summed E-state index contributed by atoms with van der Waals surface area (Å²) in [5.74, 6) is -1.64. The monoisotopic (exact) mass is 591 g/mol. The van der Waals surface area contributed by atoms with Gasteiger partial charge in [0.2, 0.25) is 0 Å². The van der Waals surface area contributed by atoms with E-state index in [0.717, 1.165) is 21.7 Å². The highest BCUT2D eigenvalue weighted by atomic mass is 35.5. The molecule has 0 bridgehead atoms. The van der Waals surface area contributed by atoms with Crippen LogP contribution in [-0.2, 0) is 22.6 Å². The van der Waals surface area contributed by atoms with Crippen molar-refractivity contribution in [3.05, 3.63) is 85.9 Å². The van der Waals surface area contributed by atoms with Gasteiger partial charge in [0.1, 0.15) is 5.82 Å². The largest absolute Gasteiger partial charge is 0.465 e. The number of rotatable bonds is 8. The van der Waals surface area contributed by atoms with Gasteiger partial charge in [-0.2, -0.15) is 5.10 Å². The molecule has 1 aromatic heterocycles. The van der Waals surface area contributed by atoms with E-state index >= 15 is 0 Å². The van der Waals surface area contributed by atoms with Crippen molar-refractivity contribution in [1.82, 2.24) is 14.7 Å². The van der Waals surface area contributed by atoms with Crippen LogP contribution in [0.1, 0.15) is 67.7 Å². The van der Waals surface area contributed by atoms with E-state index < -0.39 is 44.7 Å². The van der Waals surface area contributed by atoms with Crippen molar-refractivity contribution in [3.8, 4) is 11.3 Å². The second-order valence-corrected chi connectivity index (χ2v) is 13.2. The van der Waals surface area contributed by atoms with E-state index in [1.165, 1.54) is 44.3 Å². The molecule has 1 unspecified atom stereocenters. The third kappa shape index (κ3) is 6.59. The van der Waals surface area contributed by atoms with Crippen LogP contribution in [0.4, 0.5) is 9.18 Å². The topological polar surface area (TPSA) is 127 Å². The average Bonchev–Trinajstić information content (AvgIpc) is 2.83. The number of ketones is 1. The predicted octanol–water partition coefficient (Wildman–Crippen LogP) is 5.25. The Hall–Kier alpha value is -3.57. The molecule has 40 heavy (non-hydrogen) atoms. The number of aromatic nitrogens is 2. The highest BCUT2D eigenvalue weighted by molar-refractivity contribution is 7.90. The Morgan fingerprint density at radius 3 is 2.30 bits per heavy atom. The summed E-state index contributed by atoms with van der Waals surface area (Å²) in [7, 11) is -2.06. The number of nitrogens with zero attached hydrogens (tertiary/aromatic N) is 3. The van der Waals surface area contributed by atoms with Crippen molar-refractivity contribution in [2.75, 3.05) is 5.75 Å². The lowest BCUT2D eigenvalue weighted by Crippen LogP contribution is -2.46. The number of carboxylic acid groups (broad SMARTS) is 1. The lowest BCUT2D eigenvalue weighted by atomic mass is 9.90. The van der Waals surface area contributed by atoms with Crippen molar-refractivity contribution in [1.29, 1.82) is 0 Å². The van der Waals surface area contributed by atoms with Gasteiger partial charge in [-0.1, -0.05) is 30.7 Å². The normalized spacial score (nSPS) is 12.7. The number of aryl methyl sites for hydroxylation is 1. The zero-order valence-electron chi connectivity index (χ0n) is 23.0.